The first kappa shape index (κ1) is 21.3. The van der Waals surface area contributed by atoms with E-state index in [-0.39, 0.29) is 0 Å². The van der Waals surface area contributed by atoms with Crippen molar-refractivity contribution in [3.05, 3.63) is 117 Å². The molecule has 0 aromatic heterocycles. The van der Waals surface area contributed by atoms with Gasteiger partial charge in [0.2, 0.25) is 0 Å². The molecule has 0 aliphatic heterocycles. The minimum Gasteiger partial charge on any atom is -0.0955 e. The van der Waals surface area contributed by atoms with Crippen LogP contribution in [0.4, 0.5) is 0 Å². The van der Waals surface area contributed by atoms with Crippen LogP contribution >= 0.6 is 0 Å². The number of aryl methyl sites for hydroxylation is 2. The second kappa shape index (κ2) is 8.39. The first-order valence-electron chi connectivity index (χ1n) is 12.4. The molecule has 2 atom stereocenters. The number of hydrogen-bond donors (Lipinski definition) is 0. The van der Waals surface area contributed by atoms with E-state index in [0.29, 0.717) is 11.8 Å². The van der Waals surface area contributed by atoms with Gasteiger partial charge in [-0.15, -0.1) is 0 Å². The van der Waals surface area contributed by atoms with Crippen molar-refractivity contribution < 1.29 is 0 Å². The highest BCUT2D eigenvalue weighted by atomic mass is 14.4. The van der Waals surface area contributed by atoms with Gasteiger partial charge in [-0.05, 0) is 96.9 Å². The molecular weight excluding hydrogens is 384 g/mol. The Bertz CT molecular complexity index is 1150. The van der Waals surface area contributed by atoms with Gasteiger partial charge in [-0.2, -0.15) is 0 Å². The number of benzene rings is 1. The highest BCUT2D eigenvalue weighted by Gasteiger charge is 2.41. The van der Waals surface area contributed by atoms with Crippen molar-refractivity contribution in [2.45, 2.75) is 71.6 Å². The van der Waals surface area contributed by atoms with Crippen LogP contribution in [0.25, 0.3) is 0 Å². The zero-order valence-electron chi connectivity index (χ0n) is 20.1. The second-order valence-electron chi connectivity index (χ2n) is 10.3. The minimum atomic E-state index is 0.343. The van der Waals surface area contributed by atoms with Crippen LogP contribution in [0, 0.1) is 5.92 Å². The molecule has 4 aliphatic rings. The molecule has 4 aliphatic carbocycles. The van der Waals surface area contributed by atoms with E-state index in [1.807, 2.05) is 0 Å². The van der Waals surface area contributed by atoms with Crippen molar-refractivity contribution in [1.29, 1.82) is 0 Å². The third kappa shape index (κ3) is 3.64. The molecule has 0 spiro atoms. The first-order valence-corrected chi connectivity index (χ1v) is 12.4. The molecule has 5 rings (SSSR count). The number of fused-ring (bicyclic) bond motifs is 2. The second-order valence-corrected chi connectivity index (χ2v) is 10.3. The molecule has 0 nitrogen and oxygen atoms in total. The monoisotopic (exact) mass is 420 g/mol. The molecule has 0 bridgehead atoms. The minimum absolute atomic E-state index is 0.343. The molecule has 1 aromatic rings. The number of allylic oxidation sites excluding steroid dienone is 12. The molecule has 2 unspecified atom stereocenters. The smallest absolute Gasteiger partial charge is 0.0201 e. The van der Waals surface area contributed by atoms with Gasteiger partial charge >= 0.3 is 0 Å². The predicted octanol–water partition coefficient (Wildman–Crippen LogP) is 8.65. The van der Waals surface area contributed by atoms with Crippen LogP contribution in [0.15, 0.2) is 100 Å². The number of rotatable bonds is 5. The third-order valence-corrected chi connectivity index (χ3v) is 7.89. The molecule has 0 heteroatoms. The summed E-state index contributed by atoms with van der Waals surface area (Å²) in [7, 11) is 0. The maximum Gasteiger partial charge on any atom is 0.0201 e. The fraction of sp³-hybridized carbons (Fsp3) is 0.375. The van der Waals surface area contributed by atoms with E-state index in [0.717, 1.165) is 25.7 Å². The maximum atomic E-state index is 4.69. The van der Waals surface area contributed by atoms with Gasteiger partial charge in [0.15, 0.2) is 0 Å². The Labute approximate surface area is 194 Å². The summed E-state index contributed by atoms with van der Waals surface area (Å²) in [6.45, 7) is 16.0. The average Bonchev–Trinajstić information content (AvgIpc) is 3.46. The molecule has 1 saturated carbocycles. The molecule has 0 radical (unpaired) electrons. The zero-order valence-corrected chi connectivity index (χ0v) is 20.1. The largest absolute Gasteiger partial charge is 0.0955 e. The summed E-state index contributed by atoms with van der Waals surface area (Å²) in [4.78, 5) is 0. The van der Waals surface area contributed by atoms with E-state index in [4.69, 9.17) is 0 Å². The summed E-state index contributed by atoms with van der Waals surface area (Å²) in [5.41, 5.74) is 15.9. The van der Waals surface area contributed by atoms with Gasteiger partial charge in [0.05, 0.1) is 0 Å². The Balaban J connectivity index is 1.58. The SMILES string of the molecule is C=C(CCC)C1=C(C)C=C2C/C(=C\C3=CC=C(C)C3)C(=C)C2C1c1ccc2c(c1)CCC2. The van der Waals surface area contributed by atoms with E-state index in [1.54, 1.807) is 16.7 Å². The van der Waals surface area contributed by atoms with Gasteiger partial charge in [0.1, 0.15) is 0 Å². The lowest BCUT2D eigenvalue weighted by Crippen LogP contribution is -2.21. The van der Waals surface area contributed by atoms with Crippen molar-refractivity contribution in [3.63, 3.8) is 0 Å². The van der Waals surface area contributed by atoms with Crippen LogP contribution in [0.1, 0.15) is 75.5 Å². The standard InChI is InChI=1S/C32H36/c1-6-8-21(3)30-22(4)16-29-19-28(17-24-12-11-20(2)15-24)23(5)31(29)32(30)27-14-13-25-9-7-10-26(25)18-27/h11-14,16-18,31-32H,3,5-10,15,19H2,1-2,4H3/b28-17+. The van der Waals surface area contributed by atoms with Crippen LogP contribution in [-0.2, 0) is 12.8 Å². The van der Waals surface area contributed by atoms with Crippen LogP contribution in [0.5, 0.6) is 0 Å². The van der Waals surface area contributed by atoms with Crippen LogP contribution in [-0.4, -0.2) is 0 Å². The van der Waals surface area contributed by atoms with Crippen molar-refractivity contribution in [1.82, 2.24) is 0 Å². The predicted molar refractivity (Wildman–Crippen MR) is 138 cm³/mol. The van der Waals surface area contributed by atoms with E-state index in [1.165, 1.54) is 63.8 Å². The summed E-state index contributed by atoms with van der Waals surface area (Å²) >= 11 is 0. The lowest BCUT2D eigenvalue weighted by Gasteiger charge is -2.35. The lowest BCUT2D eigenvalue weighted by molar-refractivity contribution is 0.618. The van der Waals surface area contributed by atoms with E-state index < -0.39 is 0 Å². The molecule has 1 fully saturated rings. The summed E-state index contributed by atoms with van der Waals surface area (Å²) < 4.78 is 0. The molecule has 0 N–H and O–H groups in total. The fourth-order valence-electron chi connectivity index (χ4n) is 6.43. The highest BCUT2D eigenvalue weighted by molar-refractivity contribution is 5.62. The Morgan fingerprint density at radius 1 is 1.06 bits per heavy atom. The quantitative estimate of drug-likeness (QED) is 0.447. The molecule has 164 valence electrons. The first-order chi connectivity index (χ1) is 15.5. The number of hydrogen-bond acceptors (Lipinski definition) is 0. The van der Waals surface area contributed by atoms with Gasteiger partial charge in [0.25, 0.3) is 0 Å². The van der Waals surface area contributed by atoms with E-state index in [9.17, 15) is 0 Å². The summed E-state index contributed by atoms with van der Waals surface area (Å²) in [5.74, 6) is 0.708. The highest BCUT2D eigenvalue weighted by Crippen LogP contribution is 2.55. The van der Waals surface area contributed by atoms with Gasteiger partial charge in [-0.1, -0.05) is 85.7 Å². The van der Waals surface area contributed by atoms with Crippen molar-refractivity contribution in [2.24, 2.45) is 5.92 Å². The third-order valence-electron chi connectivity index (χ3n) is 7.89. The molecule has 0 amide bonds. The Morgan fingerprint density at radius 2 is 1.88 bits per heavy atom. The van der Waals surface area contributed by atoms with Crippen molar-refractivity contribution >= 4 is 0 Å². The van der Waals surface area contributed by atoms with Crippen molar-refractivity contribution in [3.8, 4) is 0 Å². The van der Waals surface area contributed by atoms with Crippen LogP contribution in [0.2, 0.25) is 0 Å². The Hall–Kier alpha value is -2.60. The van der Waals surface area contributed by atoms with Gasteiger partial charge < -0.3 is 0 Å². The topological polar surface area (TPSA) is 0 Å². The maximum absolute atomic E-state index is 4.69. The van der Waals surface area contributed by atoms with Gasteiger partial charge in [0, 0.05) is 11.8 Å². The average molecular weight is 421 g/mol. The summed E-state index contributed by atoms with van der Waals surface area (Å²) in [5, 5.41) is 0. The Morgan fingerprint density at radius 3 is 2.62 bits per heavy atom. The van der Waals surface area contributed by atoms with Crippen molar-refractivity contribution in [2.75, 3.05) is 0 Å². The lowest BCUT2D eigenvalue weighted by atomic mass is 9.69. The molecule has 0 saturated heterocycles. The molecule has 0 heterocycles. The Kier molecular flexibility index (Phi) is 5.58. The summed E-state index contributed by atoms with van der Waals surface area (Å²) in [6, 6.07) is 7.33. The summed E-state index contributed by atoms with van der Waals surface area (Å²) in [6.07, 6.45) is 17.5. The molecular formula is C32H36. The zero-order chi connectivity index (χ0) is 22.4. The fourth-order valence-corrected chi connectivity index (χ4v) is 6.43. The van der Waals surface area contributed by atoms with E-state index >= 15 is 0 Å². The van der Waals surface area contributed by atoms with Crippen LogP contribution < -0.4 is 0 Å². The van der Waals surface area contributed by atoms with Crippen LogP contribution in [0.3, 0.4) is 0 Å². The normalized spacial score (nSPS) is 25.7. The van der Waals surface area contributed by atoms with E-state index in [2.05, 4.69) is 76.4 Å². The molecule has 32 heavy (non-hydrogen) atoms. The molecule has 1 aromatic carbocycles. The van der Waals surface area contributed by atoms with Gasteiger partial charge in [-0.25, -0.2) is 0 Å². The van der Waals surface area contributed by atoms with Gasteiger partial charge in [-0.3, -0.25) is 0 Å².